The summed E-state index contributed by atoms with van der Waals surface area (Å²) in [5, 5.41) is 2.93. The molecule has 2 aromatic carbocycles. The van der Waals surface area contributed by atoms with Gasteiger partial charge in [-0.15, -0.1) is 13.2 Å². The Bertz CT molecular complexity index is 1040. The van der Waals surface area contributed by atoms with Crippen molar-refractivity contribution in [1.82, 2.24) is 15.0 Å². The number of anilines is 2. The summed E-state index contributed by atoms with van der Waals surface area (Å²) >= 11 is 0. The SMILES string of the molecule is CC#Cc1nc(Nc2ccc(OC(F)(F)F)cc2)nc(-c2ccc(OC)cc2)n1. The van der Waals surface area contributed by atoms with E-state index in [0.29, 0.717) is 17.3 Å². The first-order chi connectivity index (χ1) is 13.9. The van der Waals surface area contributed by atoms with Gasteiger partial charge in [0.05, 0.1) is 7.11 Å². The molecule has 148 valence electrons. The molecule has 0 fully saturated rings. The monoisotopic (exact) mass is 400 g/mol. The molecule has 0 spiro atoms. The number of nitrogens with zero attached hydrogens (tertiary/aromatic N) is 3. The van der Waals surface area contributed by atoms with Gasteiger partial charge in [0.2, 0.25) is 11.8 Å². The molecule has 0 amide bonds. The lowest BCUT2D eigenvalue weighted by atomic mass is 10.2. The third-order valence-electron chi connectivity index (χ3n) is 3.56. The van der Waals surface area contributed by atoms with Crippen LogP contribution in [0.3, 0.4) is 0 Å². The van der Waals surface area contributed by atoms with E-state index in [9.17, 15) is 13.2 Å². The van der Waals surface area contributed by atoms with Crippen molar-refractivity contribution in [3.05, 3.63) is 54.4 Å². The van der Waals surface area contributed by atoms with E-state index in [1.807, 2.05) is 0 Å². The molecule has 0 atom stereocenters. The number of rotatable bonds is 5. The summed E-state index contributed by atoms with van der Waals surface area (Å²) in [6, 6.07) is 12.4. The van der Waals surface area contributed by atoms with Crippen molar-refractivity contribution in [1.29, 1.82) is 0 Å². The fourth-order valence-electron chi connectivity index (χ4n) is 2.34. The van der Waals surface area contributed by atoms with Crippen molar-refractivity contribution in [2.24, 2.45) is 0 Å². The number of ether oxygens (including phenoxy) is 2. The van der Waals surface area contributed by atoms with Gasteiger partial charge in [-0.05, 0) is 61.4 Å². The highest BCUT2D eigenvalue weighted by Crippen LogP contribution is 2.25. The minimum atomic E-state index is -4.75. The molecule has 0 saturated heterocycles. The molecule has 1 N–H and O–H groups in total. The number of nitrogens with one attached hydrogen (secondary N) is 1. The maximum Gasteiger partial charge on any atom is 0.573 e. The third kappa shape index (κ3) is 5.59. The summed E-state index contributed by atoms with van der Waals surface area (Å²) in [6.07, 6.45) is -4.75. The molecule has 0 unspecified atom stereocenters. The van der Waals surface area contributed by atoms with Crippen molar-refractivity contribution in [2.75, 3.05) is 12.4 Å². The van der Waals surface area contributed by atoms with E-state index >= 15 is 0 Å². The van der Waals surface area contributed by atoms with E-state index in [-0.39, 0.29) is 17.5 Å². The number of alkyl halides is 3. The lowest BCUT2D eigenvalue weighted by molar-refractivity contribution is -0.274. The van der Waals surface area contributed by atoms with Gasteiger partial charge in [-0.3, -0.25) is 0 Å². The molecule has 1 aromatic heterocycles. The lowest BCUT2D eigenvalue weighted by Gasteiger charge is -2.10. The number of methoxy groups -OCH3 is 1. The highest BCUT2D eigenvalue weighted by Gasteiger charge is 2.30. The van der Waals surface area contributed by atoms with Gasteiger partial charge in [-0.2, -0.15) is 9.97 Å². The van der Waals surface area contributed by atoms with Crippen molar-refractivity contribution >= 4 is 11.6 Å². The van der Waals surface area contributed by atoms with Crippen LogP contribution in [0.25, 0.3) is 11.4 Å². The Hall–Kier alpha value is -3.80. The van der Waals surface area contributed by atoms with Gasteiger partial charge in [-0.25, -0.2) is 4.98 Å². The molecular weight excluding hydrogens is 385 g/mol. The number of aromatic nitrogens is 3. The fourth-order valence-corrected chi connectivity index (χ4v) is 2.34. The van der Waals surface area contributed by atoms with E-state index in [1.165, 1.54) is 24.3 Å². The minimum Gasteiger partial charge on any atom is -0.497 e. The molecule has 3 rings (SSSR count). The van der Waals surface area contributed by atoms with Crippen LogP contribution >= 0.6 is 0 Å². The zero-order chi connectivity index (χ0) is 20.9. The van der Waals surface area contributed by atoms with Gasteiger partial charge < -0.3 is 14.8 Å². The minimum absolute atomic E-state index is 0.202. The highest BCUT2D eigenvalue weighted by atomic mass is 19.4. The van der Waals surface area contributed by atoms with Gasteiger partial charge in [0, 0.05) is 11.3 Å². The summed E-state index contributed by atoms with van der Waals surface area (Å²) < 4.78 is 45.8. The zero-order valence-corrected chi connectivity index (χ0v) is 15.4. The average Bonchev–Trinajstić information content (AvgIpc) is 2.68. The molecule has 0 aliphatic heterocycles. The summed E-state index contributed by atoms with van der Waals surface area (Å²) in [7, 11) is 1.57. The van der Waals surface area contributed by atoms with Gasteiger partial charge in [-0.1, -0.05) is 5.92 Å². The second kappa shape index (κ2) is 8.48. The van der Waals surface area contributed by atoms with E-state index in [0.717, 1.165) is 5.56 Å². The summed E-state index contributed by atoms with van der Waals surface area (Å²) in [6.45, 7) is 1.66. The molecular formula is C20H15F3N4O2. The third-order valence-corrected chi connectivity index (χ3v) is 3.56. The van der Waals surface area contributed by atoms with Crippen LogP contribution in [0.1, 0.15) is 12.7 Å². The summed E-state index contributed by atoms with van der Waals surface area (Å²) in [4.78, 5) is 12.9. The van der Waals surface area contributed by atoms with Crippen molar-refractivity contribution in [2.45, 2.75) is 13.3 Å². The Labute approximate surface area is 164 Å². The Morgan fingerprint density at radius 3 is 2.14 bits per heavy atom. The topological polar surface area (TPSA) is 69.2 Å². The molecule has 0 saturated carbocycles. The van der Waals surface area contributed by atoms with Gasteiger partial charge in [0.25, 0.3) is 0 Å². The van der Waals surface area contributed by atoms with E-state index < -0.39 is 6.36 Å². The first-order valence-corrected chi connectivity index (χ1v) is 8.32. The van der Waals surface area contributed by atoms with Crippen molar-refractivity contribution in [3.8, 4) is 34.7 Å². The van der Waals surface area contributed by atoms with Gasteiger partial charge in [0.15, 0.2) is 5.82 Å². The van der Waals surface area contributed by atoms with Gasteiger partial charge in [0.1, 0.15) is 11.5 Å². The second-order valence-electron chi connectivity index (χ2n) is 5.61. The molecule has 0 bridgehead atoms. The number of benzene rings is 2. The van der Waals surface area contributed by atoms with E-state index in [1.54, 1.807) is 38.3 Å². The first kappa shape index (κ1) is 19.9. The lowest BCUT2D eigenvalue weighted by Crippen LogP contribution is -2.17. The van der Waals surface area contributed by atoms with Crippen LogP contribution < -0.4 is 14.8 Å². The molecule has 3 aromatic rings. The normalized spacial score (nSPS) is 10.7. The van der Waals surface area contributed by atoms with Crippen molar-refractivity contribution < 1.29 is 22.6 Å². The molecule has 0 aliphatic carbocycles. The fraction of sp³-hybridized carbons (Fsp3) is 0.150. The Morgan fingerprint density at radius 1 is 0.897 bits per heavy atom. The maximum atomic E-state index is 12.3. The van der Waals surface area contributed by atoms with Crippen LogP contribution in [-0.4, -0.2) is 28.4 Å². The summed E-state index contributed by atoms with van der Waals surface area (Å²) in [5.74, 6) is 6.72. The number of hydrogen-bond donors (Lipinski definition) is 1. The Balaban J connectivity index is 1.88. The quantitative estimate of drug-likeness (QED) is 0.633. The molecule has 1 heterocycles. The molecule has 6 nitrogen and oxygen atoms in total. The highest BCUT2D eigenvalue weighted by molar-refractivity contribution is 5.61. The molecule has 29 heavy (non-hydrogen) atoms. The molecule has 0 aliphatic rings. The predicted molar refractivity (Wildman–Crippen MR) is 101 cm³/mol. The van der Waals surface area contributed by atoms with Crippen LogP contribution in [0.4, 0.5) is 24.8 Å². The number of halogens is 3. The van der Waals surface area contributed by atoms with E-state index in [2.05, 4.69) is 36.8 Å². The summed E-state index contributed by atoms with van der Waals surface area (Å²) in [5.41, 5.74) is 1.20. The first-order valence-electron chi connectivity index (χ1n) is 8.32. The second-order valence-corrected chi connectivity index (χ2v) is 5.61. The molecule has 9 heteroatoms. The number of hydrogen-bond acceptors (Lipinski definition) is 6. The molecule has 0 radical (unpaired) electrons. The Morgan fingerprint density at radius 2 is 1.55 bits per heavy atom. The Kier molecular flexibility index (Phi) is 5.83. The van der Waals surface area contributed by atoms with Crippen LogP contribution in [0.5, 0.6) is 11.5 Å². The van der Waals surface area contributed by atoms with E-state index in [4.69, 9.17) is 4.74 Å². The largest absolute Gasteiger partial charge is 0.573 e. The van der Waals surface area contributed by atoms with Crippen molar-refractivity contribution in [3.63, 3.8) is 0 Å². The smallest absolute Gasteiger partial charge is 0.497 e. The van der Waals surface area contributed by atoms with Crippen LogP contribution in [0, 0.1) is 11.8 Å². The zero-order valence-electron chi connectivity index (χ0n) is 15.4. The standard InChI is InChI=1S/C20H15F3N4O2/c1-3-4-17-25-18(13-5-9-15(28-2)10-6-13)27-19(26-17)24-14-7-11-16(12-8-14)29-20(21,22)23/h5-12H,1-2H3,(H,24,25,26,27). The predicted octanol–water partition coefficient (Wildman–Crippen LogP) is 4.56. The van der Waals surface area contributed by atoms with Crippen LogP contribution in [0.15, 0.2) is 48.5 Å². The van der Waals surface area contributed by atoms with Crippen LogP contribution in [-0.2, 0) is 0 Å². The van der Waals surface area contributed by atoms with Crippen LogP contribution in [0.2, 0.25) is 0 Å². The van der Waals surface area contributed by atoms with Gasteiger partial charge >= 0.3 is 6.36 Å². The maximum absolute atomic E-state index is 12.3. The average molecular weight is 400 g/mol.